The normalized spacial score (nSPS) is 15.1. The molecule has 0 aliphatic rings. The first-order valence-electron chi connectivity index (χ1n) is 6.67. The number of aryl methyl sites for hydroxylation is 1. The molecule has 0 fully saturated rings. The van der Waals surface area contributed by atoms with E-state index in [0.717, 1.165) is 0 Å². The van der Waals surface area contributed by atoms with Crippen LogP contribution in [0.3, 0.4) is 0 Å². The molecule has 0 unspecified atom stereocenters. The molecule has 0 aliphatic carbocycles. The fourth-order valence-electron chi connectivity index (χ4n) is 1.28. The molecular formula is C13H11F. The second-order valence-corrected chi connectivity index (χ2v) is 3.02. The smallest absolute Gasteiger partial charge is 0.124 e. The summed E-state index contributed by atoms with van der Waals surface area (Å²) in [6.45, 7) is 1.68. The van der Waals surface area contributed by atoms with Crippen LogP contribution in [0.4, 0.5) is 4.39 Å². The van der Waals surface area contributed by atoms with Crippen molar-refractivity contribution < 1.29 is 11.2 Å². The van der Waals surface area contributed by atoms with Gasteiger partial charge in [-0.2, -0.15) is 0 Å². The van der Waals surface area contributed by atoms with Crippen LogP contribution in [0.1, 0.15) is 12.4 Å². The molecule has 0 aliphatic heterocycles. The first kappa shape index (κ1) is 4.74. The zero-order valence-corrected chi connectivity index (χ0v) is 7.61. The van der Waals surface area contributed by atoms with E-state index in [9.17, 15) is 4.39 Å². The Balaban J connectivity index is 2.82. The Bertz CT molecular complexity index is 617. The molecule has 0 spiro atoms. The monoisotopic (exact) mass is 191 g/mol. The van der Waals surface area contributed by atoms with Gasteiger partial charge in [-0.25, -0.2) is 4.39 Å². The number of benzene rings is 2. The lowest BCUT2D eigenvalue weighted by atomic mass is 10.0. The topological polar surface area (TPSA) is 0 Å². The standard InChI is InChI=1S/C13H11F/c1-10-7-12(9-13(14)8-10)11-5-3-2-4-6-11/h2-9H,1H3/i2D,3D,4D,5D,6D. The highest BCUT2D eigenvalue weighted by Crippen LogP contribution is 2.21. The van der Waals surface area contributed by atoms with Crippen LogP contribution in [-0.4, -0.2) is 0 Å². The van der Waals surface area contributed by atoms with Crippen molar-refractivity contribution in [2.24, 2.45) is 0 Å². The van der Waals surface area contributed by atoms with Gasteiger partial charge in [-0.15, -0.1) is 0 Å². The van der Waals surface area contributed by atoms with Crippen molar-refractivity contribution in [1.29, 1.82) is 0 Å². The molecule has 2 aromatic carbocycles. The fraction of sp³-hybridized carbons (Fsp3) is 0.0769. The molecule has 0 radical (unpaired) electrons. The quantitative estimate of drug-likeness (QED) is 0.643. The SMILES string of the molecule is [2H]c1c([2H])c([2H])c(-c2cc(C)cc(F)c2)c([2H])c1[2H]. The molecule has 0 saturated carbocycles. The molecule has 0 atom stereocenters. The molecule has 0 nitrogen and oxygen atoms in total. The minimum absolute atomic E-state index is 0.0219. The van der Waals surface area contributed by atoms with Crippen molar-refractivity contribution in [3.05, 3.63) is 59.8 Å². The predicted octanol–water partition coefficient (Wildman–Crippen LogP) is 3.80. The summed E-state index contributed by atoms with van der Waals surface area (Å²) in [5, 5.41) is 0. The summed E-state index contributed by atoms with van der Waals surface area (Å²) in [5.41, 5.74) is 0.935. The van der Waals surface area contributed by atoms with Crippen LogP contribution in [0.25, 0.3) is 11.1 Å². The van der Waals surface area contributed by atoms with Crippen LogP contribution >= 0.6 is 0 Å². The predicted molar refractivity (Wildman–Crippen MR) is 56.6 cm³/mol. The summed E-state index contributed by atoms with van der Waals surface area (Å²) in [6, 6.07) is 2.14. The molecule has 0 amide bonds. The average molecular weight is 191 g/mol. The Hall–Kier alpha value is -1.63. The maximum absolute atomic E-state index is 13.4. The van der Waals surface area contributed by atoms with Gasteiger partial charge in [0, 0.05) is 0 Å². The number of hydrogen-bond acceptors (Lipinski definition) is 0. The van der Waals surface area contributed by atoms with E-state index in [1.807, 2.05) is 0 Å². The first-order valence-corrected chi connectivity index (χ1v) is 4.17. The van der Waals surface area contributed by atoms with E-state index in [-0.39, 0.29) is 23.2 Å². The highest BCUT2D eigenvalue weighted by molar-refractivity contribution is 5.63. The summed E-state index contributed by atoms with van der Waals surface area (Å²) in [5.74, 6) is -0.498. The lowest BCUT2D eigenvalue weighted by molar-refractivity contribution is 0.627. The molecule has 70 valence electrons. The van der Waals surface area contributed by atoms with Gasteiger partial charge in [-0.05, 0) is 35.7 Å². The summed E-state index contributed by atoms with van der Waals surface area (Å²) in [4.78, 5) is 0. The van der Waals surface area contributed by atoms with Gasteiger partial charge < -0.3 is 0 Å². The van der Waals surface area contributed by atoms with Crippen LogP contribution in [0.5, 0.6) is 0 Å². The van der Waals surface area contributed by atoms with E-state index in [1.165, 1.54) is 12.1 Å². The summed E-state index contributed by atoms with van der Waals surface area (Å²) >= 11 is 0. The van der Waals surface area contributed by atoms with Crippen LogP contribution in [-0.2, 0) is 0 Å². The molecule has 0 heterocycles. The van der Waals surface area contributed by atoms with Gasteiger partial charge in [0.25, 0.3) is 0 Å². The van der Waals surface area contributed by atoms with Gasteiger partial charge in [0.2, 0.25) is 0 Å². The largest absolute Gasteiger partial charge is 0.207 e. The van der Waals surface area contributed by atoms with Crippen LogP contribution < -0.4 is 0 Å². The van der Waals surface area contributed by atoms with E-state index >= 15 is 0 Å². The van der Waals surface area contributed by atoms with E-state index in [2.05, 4.69) is 0 Å². The van der Waals surface area contributed by atoms with Gasteiger partial charge >= 0.3 is 0 Å². The van der Waals surface area contributed by atoms with Crippen molar-refractivity contribution in [2.75, 3.05) is 0 Å². The molecule has 2 rings (SSSR count). The average Bonchev–Trinajstić information content (AvgIpc) is 2.33. The molecule has 0 saturated heterocycles. The van der Waals surface area contributed by atoms with Crippen molar-refractivity contribution in [3.63, 3.8) is 0 Å². The molecule has 0 aromatic heterocycles. The fourth-order valence-corrected chi connectivity index (χ4v) is 1.28. The van der Waals surface area contributed by atoms with E-state index in [1.54, 1.807) is 13.0 Å². The van der Waals surface area contributed by atoms with Gasteiger partial charge in [0.15, 0.2) is 0 Å². The molecule has 0 N–H and O–H groups in total. The van der Waals surface area contributed by atoms with Gasteiger partial charge in [0.1, 0.15) is 5.82 Å². The molecular weight excluding hydrogens is 175 g/mol. The van der Waals surface area contributed by atoms with Crippen molar-refractivity contribution >= 4 is 0 Å². The molecule has 0 bridgehead atoms. The third kappa shape index (κ3) is 1.82. The summed E-state index contributed by atoms with van der Waals surface area (Å²) < 4.78 is 51.7. The van der Waals surface area contributed by atoms with Gasteiger partial charge in [0.05, 0.1) is 6.85 Å². The molecule has 14 heavy (non-hydrogen) atoms. The third-order valence-corrected chi connectivity index (χ3v) is 1.83. The van der Waals surface area contributed by atoms with E-state index in [0.29, 0.717) is 5.56 Å². The molecule has 2 aromatic rings. The second-order valence-electron chi connectivity index (χ2n) is 3.02. The van der Waals surface area contributed by atoms with Crippen molar-refractivity contribution in [2.45, 2.75) is 6.92 Å². The Morgan fingerprint density at radius 2 is 1.71 bits per heavy atom. The van der Waals surface area contributed by atoms with Crippen LogP contribution in [0.15, 0.2) is 48.4 Å². The minimum Gasteiger partial charge on any atom is -0.207 e. The lowest BCUT2D eigenvalue weighted by Crippen LogP contribution is -1.82. The summed E-state index contributed by atoms with van der Waals surface area (Å²) in [7, 11) is 0. The Labute approximate surface area is 90.0 Å². The van der Waals surface area contributed by atoms with E-state index in [4.69, 9.17) is 6.85 Å². The Morgan fingerprint density at radius 3 is 2.36 bits per heavy atom. The second kappa shape index (κ2) is 3.62. The molecule has 1 heteroatoms. The summed E-state index contributed by atoms with van der Waals surface area (Å²) in [6.07, 6.45) is 0. The van der Waals surface area contributed by atoms with Crippen molar-refractivity contribution in [3.8, 4) is 11.1 Å². The van der Waals surface area contributed by atoms with Gasteiger partial charge in [-0.1, -0.05) is 36.3 Å². The third-order valence-electron chi connectivity index (χ3n) is 1.83. The van der Waals surface area contributed by atoms with Crippen LogP contribution in [0.2, 0.25) is 0 Å². The van der Waals surface area contributed by atoms with Crippen LogP contribution in [0, 0.1) is 12.7 Å². The van der Waals surface area contributed by atoms with E-state index < -0.39 is 23.9 Å². The first-order chi connectivity index (χ1) is 8.82. The highest BCUT2D eigenvalue weighted by Gasteiger charge is 1.99. The Kier molecular flexibility index (Phi) is 1.23. The van der Waals surface area contributed by atoms with Crippen molar-refractivity contribution in [1.82, 2.24) is 0 Å². The maximum atomic E-state index is 13.4. The van der Waals surface area contributed by atoms with Gasteiger partial charge in [-0.3, -0.25) is 0 Å². The zero-order chi connectivity index (χ0) is 14.3. The highest BCUT2D eigenvalue weighted by atomic mass is 19.1. The number of rotatable bonds is 1. The number of hydrogen-bond donors (Lipinski definition) is 0. The zero-order valence-electron chi connectivity index (χ0n) is 12.6. The Morgan fingerprint density at radius 1 is 1.00 bits per heavy atom. The maximum Gasteiger partial charge on any atom is 0.124 e. The lowest BCUT2D eigenvalue weighted by Gasteiger charge is -2.02. The minimum atomic E-state index is -0.498. The number of halogens is 1.